The van der Waals surface area contributed by atoms with Gasteiger partial charge in [0.05, 0.1) is 12.7 Å². The van der Waals surface area contributed by atoms with Gasteiger partial charge in [-0.15, -0.1) is 0 Å². The van der Waals surface area contributed by atoms with Crippen molar-refractivity contribution in [1.82, 2.24) is 15.5 Å². The predicted molar refractivity (Wildman–Crippen MR) is 78.5 cm³/mol. The van der Waals surface area contributed by atoms with Gasteiger partial charge >= 0.3 is 6.03 Å². The third kappa shape index (κ3) is 5.19. The van der Waals surface area contributed by atoms with Crippen LogP contribution in [0.3, 0.4) is 0 Å². The maximum absolute atomic E-state index is 11.6. The molecule has 2 rings (SSSR count). The molecule has 1 fully saturated rings. The largest absolute Gasteiger partial charge is 0.375 e. The van der Waals surface area contributed by atoms with Crippen LogP contribution >= 0.6 is 0 Å². The Labute approximate surface area is 120 Å². The van der Waals surface area contributed by atoms with Gasteiger partial charge in [0, 0.05) is 26.2 Å². The Kier molecular flexibility index (Phi) is 5.83. The molecule has 1 aromatic rings. The van der Waals surface area contributed by atoms with Crippen LogP contribution < -0.4 is 10.6 Å². The van der Waals surface area contributed by atoms with Crippen molar-refractivity contribution >= 4 is 6.03 Å². The van der Waals surface area contributed by atoms with E-state index in [0.29, 0.717) is 13.1 Å². The molecule has 1 heterocycles. The van der Waals surface area contributed by atoms with E-state index in [0.717, 1.165) is 31.7 Å². The van der Waals surface area contributed by atoms with Crippen molar-refractivity contribution in [3.63, 3.8) is 0 Å². The van der Waals surface area contributed by atoms with Gasteiger partial charge in [-0.25, -0.2) is 4.79 Å². The van der Waals surface area contributed by atoms with Gasteiger partial charge in [0.15, 0.2) is 0 Å². The van der Waals surface area contributed by atoms with Crippen LogP contribution in [-0.4, -0.2) is 50.3 Å². The van der Waals surface area contributed by atoms with E-state index in [2.05, 4.69) is 22.6 Å². The van der Waals surface area contributed by atoms with Gasteiger partial charge in [-0.05, 0) is 19.0 Å². The van der Waals surface area contributed by atoms with Crippen LogP contribution in [-0.2, 0) is 11.3 Å². The molecule has 1 aliphatic rings. The smallest absolute Gasteiger partial charge is 0.315 e. The third-order valence-electron chi connectivity index (χ3n) is 3.39. The van der Waals surface area contributed by atoms with Gasteiger partial charge in [0.2, 0.25) is 0 Å². The zero-order valence-electron chi connectivity index (χ0n) is 12.0. The summed E-state index contributed by atoms with van der Waals surface area (Å²) in [6.45, 7) is 3.89. The second-order valence-electron chi connectivity index (χ2n) is 5.14. The Balaban J connectivity index is 1.58. The number of carbonyl (C=O) groups is 1. The van der Waals surface area contributed by atoms with E-state index in [4.69, 9.17) is 4.74 Å². The first-order valence-corrected chi connectivity index (χ1v) is 7.10. The van der Waals surface area contributed by atoms with Crippen molar-refractivity contribution in [2.75, 3.05) is 33.3 Å². The minimum atomic E-state index is -0.127. The fourth-order valence-electron chi connectivity index (χ4n) is 2.23. The zero-order chi connectivity index (χ0) is 14.2. The first-order valence-electron chi connectivity index (χ1n) is 7.10. The highest BCUT2D eigenvalue weighted by molar-refractivity contribution is 5.73. The van der Waals surface area contributed by atoms with Crippen LogP contribution in [0.25, 0.3) is 0 Å². The number of carbonyl (C=O) groups excluding carboxylic acids is 1. The number of ether oxygens (including phenoxy) is 1. The van der Waals surface area contributed by atoms with Crippen molar-refractivity contribution in [1.29, 1.82) is 0 Å². The summed E-state index contributed by atoms with van der Waals surface area (Å²) in [5.74, 6) is 0. The van der Waals surface area contributed by atoms with E-state index in [-0.39, 0.29) is 12.1 Å². The molecule has 20 heavy (non-hydrogen) atoms. The lowest BCUT2D eigenvalue weighted by Gasteiger charge is -2.30. The van der Waals surface area contributed by atoms with Crippen molar-refractivity contribution in [3.8, 4) is 0 Å². The van der Waals surface area contributed by atoms with Gasteiger partial charge in [-0.1, -0.05) is 30.3 Å². The van der Waals surface area contributed by atoms with Crippen molar-refractivity contribution in [2.45, 2.75) is 19.1 Å². The van der Waals surface area contributed by atoms with Crippen LogP contribution in [0.5, 0.6) is 0 Å². The maximum Gasteiger partial charge on any atom is 0.315 e. The van der Waals surface area contributed by atoms with Crippen LogP contribution in [0.1, 0.15) is 12.0 Å². The Hall–Kier alpha value is -1.59. The summed E-state index contributed by atoms with van der Waals surface area (Å²) in [5.41, 5.74) is 1.10. The molecule has 5 nitrogen and oxygen atoms in total. The molecule has 2 amide bonds. The van der Waals surface area contributed by atoms with Crippen LogP contribution in [0.2, 0.25) is 0 Å². The molecule has 1 unspecified atom stereocenters. The van der Waals surface area contributed by atoms with Crippen LogP contribution in [0.15, 0.2) is 30.3 Å². The van der Waals surface area contributed by atoms with E-state index < -0.39 is 0 Å². The topological polar surface area (TPSA) is 53.6 Å². The molecule has 0 aliphatic carbocycles. The third-order valence-corrected chi connectivity index (χ3v) is 3.39. The minimum Gasteiger partial charge on any atom is -0.375 e. The van der Waals surface area contributed by atoms with E-state index in [9.17, 15) is 4.79 Å². The summed E-state index contributed by atoms with van der Waals surface area (Å²) >= 11 is 0. The Bertz CT molecular complexity index is 411. The highest BCUT2D eigenvalue weighted by atomic mass is 16.5. The number of urea groups is 1. The minimum absolute atomic E-state index is 0.127. The Morgan fingerprint density at radius 2 is 2.15 bits per heavy atom. The summed E-state index contributed by atoms with van der Waals surface area (Å²) in [6, 6.07) is 9.75. The number of nitrogens with one attached hydrogen (secondary N) is 2. The summed E-state index contributed by atoms with van der Waals surface area (Å²) in [5, 5.41) is 5.71. The molecule has 0 radical (unpaired) electrons. The molecular weight excluding hydrogens is 254 g/mol. The van der Waals surface area contributed by atoms with Crippen LogP contribution in [0.4, 0.5) is 4.79 Å². The van der Waals surface area contributed by atoms with E-state index in [1.165, 1.54) is 0 Å². The molecule has 110 valence electrons. The van der Waals surface area contributed by atoms with E-state index in [1.54, 1.807) is 0 Å². The highest BCUT2D eigenvalue weighted by Crippen LogP contribution is 2.05. The average Bonchev–Trinajstić information content (AvgIpc) is 2.46. The molecule has 0 aromatic heterocycles. The molecule has 1 atom stereocenters. The first kappa shape index (κ1) is 14.8. The number of hydrogen-bond donors (Lipinski definition) is 2. The summed E-state index contributed by atoms with van der Waals surface area (Å²) in [6.07, 6.45) is 1.08. The summed E-state index contributed by atoms with van der Waals surface area (Å²) in [4.78, 5) is 13.9. The Morgan fingerprint density at radius 3 is 2.90 bits per heavy atom. The quantitative estimate of drug-likeness (QED) is 0.850. The number of nitrogens with zero attached hydrogens (tertiary/aromatic N) is 1. The summed E-state index contributed by atoms with van der Waals surface area (Å²) < 4.78 is 5.65. The molecule has 1 aliphatic heterocycles. The lowest BCUT2D eigenvalue weighted by Crippen LogP contribution is -2.42. The molecule has 0 saturated carbocycles. The molecule has 0 spiro atoms. The highest BCUT2D eigenvalue weighted by Gasteiger charge is 2.17. The number of rotatable bonds is 5. The van der Waals surface area contributed by atoms with Gasteiger partial charge in [-0.2, -0.15) is 0 Å². The predicted octanol–water partition coefficient (Wildman–Crippen LogP) is 1.21. The lowest BCUT2D eigenvalue weighted by molar-refractivity contribution is -0.0224. The second kappa shape index (κ2) is 7.87. The molecule has 5 heteroatoms. The van der Waals surface area contributed by atoms with Gasteiger partial charge in [0.1, 0.15) is 0 Å². The van der Waals surface area contributed by atoms with E-state index >= 15 is 0 Å². The fourth-order valence-corrected chi connectivity index (χ4v) is 2.23. The monoisotopic (exact) mass is 277 g/mol. The number of morpholine rings is 1. The Morgan fingerprint density at radius 1 is 1.35 bits per heavy atom. The standard InChI is InChI=1S/C15H23N3O2/c1-18-9-10-20-14(12-18)7-8-16-15(19)17-11-13-5-3-2-4-6-13/h2-6,14H,7-12H2,1H3,(H2,16,17,19). The van der Waals surface area contributed by atoms with Gasteiger partial charge in [-0.3, -0.25) is 0 Å². The lowest BCUT2D eigenvalue weighted by atomic mass is 10.2. The van der Waals surface area contributed by atoms with Crippen LogP contribution in [0, 0.1) is 0 Å². The molecule has 1 aromatic carbocycles. The fraction of sp³-hybridized carbons (Fsp3) is 0.533. The first-order chi connectivity index (χ1) is 9.74. The normalized spacial score (nSPS) is 19.6. The molecule has 2 N–H and O–H groups in total. The maximum atomic E-state index is 11.6. The second-order valence-corrected chi connectivity index (χ2v) is 5.14. The molecular formula is C15H23N3O2. The SMILES string of the molecule is CN1CCOC(CCNC(=O)NCc2ccccc2)C1. The molecule has 1 saturated heterocycles. The van der Waals surface area contributed by atoms with E-state index in [1.807, 2.05) is 30.3 Å². The number of benzene rings is 1. The number of amides is 2. The van der Waals surface area contributed by atoms with Gasteiger partial charge in [0.25, 0.3) is 0 Å². The number of hydrogen-bond acceptors (Lipinski definition) is 3. The average molecular weight is 277 g/mol. The van der Waals surface area contributed by atoms with Crippen molar-refractivity contribution < 1.29 is 9.53 Å². The van der Waals surface area contributed by atoms with Gasteiger partial charge < -0.3 is 20.3 Å². The molecule has 0 bridgehead atoms. The van der Waals surface area contributed by atoms with Crippen molar-refractivity contribution in [3.05, 3.63) is 35.9 Å². The number of likely N-dealkylation sites (N-methyl/N-ethyl adjacent to an activating group) is 1. The summed E-state index contributed by atoms with van der Waals surface area (Å²) in [7, 11) is 2.09. The van der Waals surface area contributed by atoms with Crippen molar-refractivity contribution in [2.24, 2.45) is 0 Å². The zero-order valence-corrected chi connectivity index (χ0v) is 12.0.